The molecule has 4 nitrogen and oxygen atoms in total. The highest BCUT2D eigenvalue weighted by atomic mass is 16.5. The summed E-state index contributed by atoms with van der Waals surface area (Å²) in [5.74, 6) is 0. The molecule has 3 N–H and O–H groups in total. The second kappa shape index (κ2) is 8.56. The van der Waals surface area contributed by atoms with E-state index in [0.29, 0.717) is 0 Å². The average molecular weight is 419 g/mol. The van der Waals surface area contributed by atoms with Gasteiger partial charge in [-0.25, -0.2) is 0 Å². The molecule has 31 heavy (non-hydrogen) atoms. The zero-order chi connectivity index (χ0) is 22.0. The fourth-order valence-corrected chi connectivity index (χ4v) is 4.80. The van der Waals surface area contributed by atoms with E-state index in [1.807, 2.05) is 91.0 Å². The largest absolute Gasteiger partial charge is 0.384 e. The van der Waals surface area contributed by atoms with Crippen LogP contribution in [0.25, 0.3) is 0 Å². The molecule has 4 rings (SSSR count). The van der Waals surface area contributed by atoms with Gasteiger partial charge in [0.15, 0.2) is 0 Å². The summed E-state index contributed by atoms with van der Waals surface area (Å²) in [6.07, 6.45) is -0.234. The predicted octanol–water partition coefficient (Wildman–Crippen LogP) is 3.33. The molecule has 0 saturated carbocycles. The van der Waals surface area contributed by atoms with Crippen molar-refractivity contribution in [1.82, 2.24) is 0 Å². The van der Waals surface area contributed by atoms with Gasteiger partial charge in [0.2, 0.25) is 0 Å². The van der Waals surface area contributed by atoms with Crippen molar-refractivity contribution in [2.45, 2.75) is 49.1 Å². The first-order valence-electron chi connectivity index (χ1n) is 10.8. The number of aliphatic hydroxyl groups is 3. The van der Waals surface area contributed by atoms with Gasteiger partial charge in [-0.3, -0.25) is 0 Å². The van der Waals surface area contributed by atoms with Gasteiger partial charge in [0.25, 0.3) is 0 Å². The van der Waals surface area contributed by atoms with Crippen molar-refractivity contribution in [3.05, 3.63) is 108 Å². The summed E-state index contributed by atoms with van der Waals surface area (Å²) in [4.78, 5) is 0. The Bertz CT molecular complexity index is 978. The summed E-state index contributed by atoms with van der Waals surface area (Å²) in [5.41, 5.74) is -2.64. The number of ether oxygens (including phenoxy) is 1. The van der Waals surface area contributed by atoms with E-state index in [4.69, 9.17) is 4.74 Å². The minimum absolute atomic E-state index is 0.0660. The van der Waals surface area contributed by atoms with Gasteiger partial charge in [0.1, 0.15) is 16.8 Å². The highest BCUT2D eigenvalue weighted by Gasteiger charge is 2.66. The monoisotopic (exact) mass is 418 g/mol. The van der Waals surface area contributed by atoms with Crippen molar-refractivity contribution < 1.29 is 20.1 Å². The lowest BCUT2D eigenvalue weighted by Crippen LogP contribution is -2.78. The Morgan fingerprint density at radius 1 is 0.677 bits per heavy atom. The van der Waals surface area contributed by atoms with Crippen LogP contribution in [0.4, 0.5) is 0 Å². The maximum absolute atomic E-state index is 12.3. The molecule has 0 bridgehead atoms. The molecule has 4 atom stereocenters. The Labute approximate surface area is 183 Å². The van der Waals surface area contributed by atoms with Crippen LogP contribution >= 0.6 is 0 Å². The molecule has 1 fully saturated rings. The normalized spacial score (nSPS) is 30.8. The van der Waals surface area contributed by atoms with Gasteiger partial charge in [-0.15, -0.1) is 0 Å². The molecule has 0 unspecified atom stereocenters. The Hall–Kier alpha value is -2.50. The first-order chi connectivity index (χ1) is 14.9. The Kier molecular flexibility index (Phi) is 6.00. The predicted molar refractivity (Wildman–Crippen MR) is 121 cm³/mol. The summed E-state index contributed by atoms with van der Waals surface area (Å²) in [7, 11) is 0. The lowest BCUT2D eigenvalue weighted by Gasteiger charge is -2.58. The zero-order valence-corrected chi connectivity index (χ0v) is 17.8. The fraction of sp³-hybridized carbons (Fsp3) is 0.333. The van der Waals surface area contributed by atoms with Crippen molar-refractivity contribution in [3.63, 3.8) is 0 Å². The molecule has 0 aliphatic carbocycles. The van der Waals surface area contributed by atoms with Crippen LogP contribution in [0.3, 0.4) is 0 Å². The van der Waals surface area contributed by atoms with Crippen LogP contribution in [0.2, 0.25) is 0 Å². The average Bonchev–Trinajstić information content (AvgIpc) is 2.78. The third kappa shape index (κ3) is 4.04. The van der Waals surface area contributed by atoms with Gasteiger partial charge in [0, 0.05) is 19.3 Å². The first kappa shape index (κ1) is 21.7. The highest BCUT2D eigenvalue weighted by Crippen LogP contribution is 2.46. The molecule has 1 saturated heterocycles. The van der Waals surface area contributed by atoms with Gasteiger partial charge >= 0.3 is 0 Å². The topological polar surface area (TPSA) is 69.9 Å². The third-order valence-electron chi connectivity index (χ3n) is 6.69. The summed E-state index contributed by atoms with van der Waals surface area (Å²) < 4.78 is 5.93. The molecule has 3 aromatic rings. The lowest BCUT2D eigenvalue weighted by molar-refractivity contribution is -0.327. The van der Waals surface area contributed by atoms with Crippen molar-refractivity contribution in [3.8, 4) is 0 Å². The van der Waals surface area contributed by atoms with E-state index in [2.05, 4.69) is 0 Å². The fourth-order valence-electron chi connectivity index (χ4n) is 4.80. The van der Waals surface area contributed by atoms with E-state index < -0.39 is 22.9 Å². The van der Waals surface area contributed by atoms with Crippen LogP contribution in [-0.4, -0.2) is 44.8 Å². The van der Waals surface area contributed by atoms with E-state index in [1.54, 1.807) is 6.92 Å². The molecule has 1 aliphatic heterocycles. The van der Waals surface area contributed by atoms with Gasteiger partial charge in [-0.2, -0.15) is 0 Å². The van der Waals surface area contributed by atoms with E-state index in [9.17, 15) is 15.3 Å². The van der Waals surface area contributed by atoms with E-state index in [0.717, 1.165) is 16.7 Å². The quantitative estimate of drug-likeness (QED) is 0.574. The minimum atomic E-state index is -1.84. The van der Waals surface area contributed by atoms with Crippen molar-refractivity contribution in [1.29, 1.82) is 0 Å². The molecule has 1 heterocycles. The van der Waals surface area contributed by atoms with Gasteiger partial charge in [0.05, 0.1) is 12.7 Å². The Morgan fingerprint density at radius 3 is 1.58 bits per heavy atom. The van der Waals surface area contributed by atoms with E-state index in [-0.39, 0.29) is 25.9 Å². The standard InChI is InChI=1S/C27H30O4/c1-21-26(29,18-23-13-7-3-8-14-23)27(30,19-24-15-9-4-10-16-24)25(28,20-31-21)17-22-11-5-2-6-12-22/h2-16,21,28-30H,17-20H2,1H3/t21-,25+,26+,27-/m1/s1. The van der Waals surface area contributed by atoms with Crippen molar-refractivity contribution in [2.24, 2.45) is 0 Å². The summed E-state index contributed by atoms with van der Waals surface area (Å²) in [5, 5.41) is 36.2. The summed E-state index contributed by atoms with van der Waals surface area (Å²) in [6.45, 7) is 1.70. The smallest absolute Gasteiger partial charge is 0.131 e. The van der Waals surface area contributed by atoms with Crippen molar-refractivity contribution >= 4 is 0 Å². The molecular weight excluding hydrogens is 388 g/mol. The number of benzene rings is 3. The van der Waals surface area contributed by atoms with Gasteiger partial charge in [-0.05, 0) is 23.6 Å². The second-order valence-corrected chi connectivity index (χ2v) is 8.76. The highest BCUT2D eigenvalue weighted by molar-refractivity contribution is 5.31. The van der Waals surface area contributed by atoms with E-state index >= 15 is 0 Å². The number of hydrogen-bond acceptors (Lipinski definition) is 4. The van der Waals surface area contributed by atoms with Gasteiger partial charge < -0.3 is 20.1 Å². The van der Waals surface area contributed by atoms with Crippen LogP contribution < -0.4 is 0 Å². The van der Waals surface area contributed by atoms with Crippen molar-refractivity contribution in [2.75, 3.05) is 6.61 Å². The van der Waals surface area contributed by atoms with Crippen LogP contribution in [0.5, 0.6) is 0 Å². The van der Waals surface area contributed by atoms with Crippen LogP contribution in [-0.2, 0) is 24.0 Å². The summed E-state index contributed by atoms with van der Waals surface area (Å²) >= 11 is 0. The molecule has 0 spiro atoms. The number of hydrogen-bond donors (Lipinski definition) is 3. The third-order valence-corrected chi connectivity index (χ3v) is 6.69. The molecular formula is C27H30O4. The molecule has 4 heteroatoms. The zero-order valence-electron chi connectivity index (χ0n) is 17.8. The molecule has 0 aromatic heterocycles. The minimum Gasteiger partial charge on any atom is -0.384 e. The summed E-state index contributed by atoms with van der Waals surface area (Å²) in [6, 6.07) is 28.6. The first-order valence-corrected chi connectivity index (χ1v) is 10.8. The maximum Gasteiger partial charge on any atom is 0.131 e. The van der Waals surface area contributed by atoms with Crippen LogP contribution in [0.15, 0.2) is 91.0 Å². The van der Waals surface area contributed by atoms with Gasteiger partial charge in [-0.1, -0.05) is 91.0 Å². The molecule has 3 aromatic carbocycles. The Morgan fingerprint density at radius 2 is 1.10 bits per heavy atom. The lowest BCUT2D eigenvalue weighted by atomic mass is 9.60. The molecule has 162 valence electrons. The molecule has 1 aliphatic rings. The molecule has 0 radical (unpaired) electrons. The number of rotatable bonds is 6. The van der Waals surface area contributed by atoms with Crippen LogP contribution in [0.1, 0.15) is 23.6 Å². The van der Waals surface area contributed by atoms with Crippen LogP contribution in [0, 0.1) is 0 Å². The van der Waals surface area contributed by atoms with E-state index in [1.165, 1.54) is 0 Å². The maximum atomic E-state index is 12.3. The Balaban J connectivity index is 1.80. The molecule has 0 amide bonds. The second-order valence-electron chi connectivity index (χ2n) is 8.76. The SMILES string of the molecule is C[C@H]1OC[C@@](O)(Cc2ccccc2)[C@](O)(Cc2ccccc2)[C@]1(O)Cc1ccccc1.